The van der Waals surface area contributed by atoms with Gasteiger partial charge in [0.05, 0.1) is 0 Å². The summed E-state index contributed by atoms with van der Waals surface area (Å²) in [6, 6.07) is 3.58. The molecule has 1 fully saturated rings. The molecule has 19 heavy (non-hydrogen) atoms. The van der Waals surface area contributed by atoms with Crippen LogP contribution in [0, 0.1) is 5.92 Å². The minimum Gasteiger partial charge on any atom is -0.348 e. The van der Waals surface area contributed by atoms with Gasteiger partial charge in [-0.2, -0.15) is 0 Å². The number of nitrogens with one attached hydrogen (secondary N) is 1. The van der Waals surface area contributed by atoms with Gasteiger partial charge in [0.25, 0.3) is 5.91 Å². The summed E-state index contributed by atoms with van der Waals surface area (Å²) in [5.74, 6) is 0.740. The monoisotopic (exact) mass is 280 g/mol. The molecular formula is C15H21ClN2O. The smallest absolute Gasteiger partial charge is 0.270 e. The second-order valence-corrected chi connectivity index (χ2v) is 5.78. The van der Waals surface area contributed by atoms with Crippen LogP contribution >= 0.6 is 11.6 Å². The summed E-state index contributed by atoms with van der Waals surface area (Å²) in [5, 5.41) is 3.61. The lowest BCUT2D eigenvalue weighted by atomic mass is 9.83. The van der Waals surface area contributed by atoms with Crippen LogP contribution in [0.4, 0.5) is 0 Å². The lowest BCUT2D eigenvalue weighted by Crippen LogP contribution is -2.38. The molecule has 1 aromatic heterocycles. The van der Waals surface area contributed by atoms with E-state index in [1.807, 2.05) is 0 Å². The number of carbonyl (C=O) groups excluding carboxylic acids is 1. The molecule has 3 nitrogen and oxygen atoms in total. The van der Waals surface area contributed by atoms with Gasteiger partial charge in [-0.05, 0) is 43.7 Å². The summed E-state index contributed by atoms with van der Waals surface area (Å²) in [4.78, 5) is 16.1. The second-order valence-electron chi connectivity index (χ2n) is 5.34. The van der Waals surface area contributed by atoms with E-state index < -0.39 is 0 Å². The second kappa shape index (κ2) is 6.90. The van der Waals surface area contributed by atoms with Crippen molar-refractivity contribution in [3.63, 3.8) is 0 Å². The van der Waals surface area contributed by atoms with E-state index in [2.05, 4.69) is 17.2 Å². The normalized spacial score (nSPS) is 23.1. The Kier molecular flexibility index (Phi) is 5.20. The highest BCUT2D eigenvalue weighted by Crippen LogP contribution is 2.27. The Morgan fingerprint density at radius 3 is 2.79 bits per heavy atom. The van der Waals surface area contributed by atoms with Crippen molar-refractivity contribution in [2.45, 2.75) is 51.5 Å². The van der Waals surface area contributed by atoms with Gasteiger partial charge in [0, 0.05) is 17.3 Å². The van der Waals surface area contributed by atoms with Crippen molar-refractivity contribution in [2.75, 3.05) is 0 Å². The van der Waals surface area contributed by atoms with Crippen molar-refractivity contribution in [3.05, 3.63) is 29.0 Å². The molecule has 1 N–H and O–H groups in total. The highest BCUT2D eigenvalue weighted by atomic mass is 35.5. The predicted molar refractivity (Wildman–Crippen MR) is 77.4 cm³/mol. The Labute approximate surface area is 119 Å². The number of rotatable bonds is 4. The molecule has 1 amide bonds. The molecule has 1 aromatic rings. The first-order chi connectivity index (χ1) is 9.19. The molecule has 0 spiro atoms. The van der Waals surface area contributed by atoms with E-state index in [0.29, 0.717) is 16.8 Å². The molecule has 1 aliphatic rings. The number of halogens is 1. The first-order valence-electron chi connectivity index (χ1n) is 7.11. The van der Waals surface area contributed by atoms with E-state index in [4.69, 9.17) is 11.6 Å². The summed E-state index contributed by atoms with van der Waals surface area (Å²) in [7, 11) is 0. The maximum Gasteiger partial charge on any atom is 0.270 e. The van der Waals surface area contributed by atoms with E-state index in [1.165, 1.54) is 25.7 Å². The summed E-state index contributed by atoms with van der Waals surface area (Å²) in [5.41, 5.74) is 0.406. The third-order valence-corrected chi connectivity index (χ3v) is 4.07. The zero-order valence-corrected chi connectivity index (χ0v) is 12.1. The van der Waals surface area contributed by atoms with E-state index >= 15 is 0 Å². The molecule has 0 aromatic carbocycles. The van der Waals surface area contributed by atoms with Crippen LogP contribution < -0.4 is 5.32 Å². The van der Waals surface area contributed by atoms with Crippen LogP contribution in [0.3, 0.4) is 0 Å². The van der Waals surface area contributed by atoms with Gasteiger partial charge in [0.15, 0.2) is 0 Å². The Hall–Kier alpha value is -1.09. The number of nitrogens with zero attached hydrogens (tertiary/aromatic N) is 1. The number of pyridine rings is 1. The largest absolute Gasteiger partial charge is 0.348 e. The molecule has 1 saturated carbocycles. The highest BCUT2D eigenvalue weighted by molar-refractivity contribution is 6.30. The average molecular weight is 281 g/mol. The van der Waals surface area contributed by atoms with Gasteiger partial charge in [-0.15, -0.1) is 0 Å². The van der Waals surface area contributed by atoms with Crippen molar-refractivity contribution in [1.29, 1.82) is 0 Å². The molecule has 0 bridgehead atoms. The third kappa shape index (κ3) is 4.20. The molecule has 0 aliphatic heterocycles. The van der Waals surface area contributed by atoms with Crippen LogP contribution in [-0.2, 0) is 0 Å². The quantitative estimate of drug-likeness (QED) is 0.911. The fourth-order valence-electron chi connectivity index (χ4n) is 2.79. The van der Waals surface area contributed by atoms with Gasteiger partial charge in [-0.25, -0.2) is 0 Å². The minimum atomic E-state index is -0.110. The fourth-order valence-corrected chi connectivity index (χ4v) is 2.95. The van der Waals surface area contributed by atoms with Gasteiger partial charge >= 0.3 is 0 Å². The summed E-state index contributed by atoms with van der Waals surface area (Å²) < 4.78 is 0. The van der Waals surface area contributed by atoms with E-state index in [0.717, 1.165) is 18.8 Å². The zero-order valence-electron chi connectivity index (χ0n) is 11.4. The van der Waals surface area contributed by atoms with Crippen LogP contribution in [-0.4, -0.2) is 16.9 Å². The van der Waals surface area contributed by atoms with Gasteiger partial charge in [0.2, 0.25) is 0 Å². The average Bonchev–Trinajstić information content (AvgIpc) is 2.41. The van der Waals surface area contributed by atoms with E-state index in [9.17, 15) is 4.79 Å². The molecule has 4 heteroatoms. The lowest BCUT2D eigenvalue weighted by Gasteiger charge is -2.28. The Balaban J connectivity index is 1.84. The molecular weight excluding hydrogens is 260 g/mol. The van der Waals surface area contributed by atoms with Gasteiger partial charge in [-0.1, -0.05) is 31.4 Å². The van der Waals surface area contributed by atoms with Crippen molar-refractivity contribution in [2.24, 2.45) is 5.92 Å². The van der Waals surface area contributed by atoms with Crippen LogP contribution in [0.15, 0.2) is 18.3 Å². The Morgan fingerprint density at radius 1 is 1.42 bits per heavy atom. The molecule has 0 atom stereocenters. The lowest BCUT2D eigenvalue weighted by molar-refractivity contribution is 0.0916. The number of aromatic nitrogens is 1. The first kappa shape index (κ1) is 14.3. The molecule has 1 aliphatic carbocycles. The van der Waals surface area contributed by atoms with Crippen molar-refractivity contribution in [1.82, 2.24) is 10.3 Å². The van der Waals surface area contributed by atoms with Crippen LogP contribution in [0.25, 0.3) is 0 Å². The fraction of sp³-hybridized carbons (Fsp3) is 0.600. The molecule has 2 rings (SSSR count). The van der Waals surface area contributed by atoms with Crippen LogP contribution in [0.5, 0.6) is 0 Å². The maximum atomic E-state index is 12.0. The van der Waals surface area contributed by atoms with Gasteiger partial charge in [-0.3, -0.25) is 9.78 Å². The van der Waals surface area contributed by atoms with Crippen molar-refractivity contribution >= 4 is 17.5 Å². The zero-order chi connectivity index (χ0) is 13.7. The Morgan fingerprint density at radius 2 is 2.16 bits per heavy atom. The predicted octanol–water partition coefficient (Wildman–Crippen LogP) is 3.82. The first-order valence-corrected chi connectivity index (χ1v) is 7.49. The minimum absolute atomic E-state index is 0.110. The summed E-state index contributed by atoms with van der Waals surface area (Å²) >= 11 is 5.87. The van der Waals surface area contributed by atoms with Gasteiger partial charge in [0.1, 0.15) is 5.69 Å². The van der Waals surface area contributed by atoms with E-state index in [1.54, 1.807) is 18.3 Å². The highest BCUT2D eigenvalue weighted by Gasteiger charge is 2.22. The molecule has 0 radical (unpaired) electrons. The number of carbonyl (C=O) groups is 1. The SMILES string of the molecule is CCCC1CCC(NC(=O)c2cc(Cl)ccn2)CC1. The topological polar surface area (TPSA) is 42.0 Å². The van der Waals surface area contributed by atoms with E-state index in [-0.39, 0.29) is 5.91 Å². The Bertz CT molecular complexity index is 428. The molecule has 0 saturated heterocycles. The van der Waals surface area contributed by atoms with Crippen LogP contribution in [0.1, 0.15) is 55.9 Å². The van der Waals surface area contributed by atoms with Crippen molar-refractivity contribution in [3.8, 4) is 0 Å². The van der Waals surface area contributed by atoms with Crippen LogP contribution in [0.2, 0.25) is 5.02 Å². The maximum absolute atomic E-state index is 12.0. The van der Waals surface area contributed by atoms with Crippen molar-refractivity contribution < 1.29 is 4.79 Å². The van der Waals surface area contributed by atoms with Gasteiger partial charge < -0.3 is 5.32 Å². The summed E-state index contributed by atoms with van der Waals surface area (Å²) in [6.45, 7) is 2.23. The number of amides is 1. The molecule has 1 heterocycles. The number of hydrogen-bond acceptors (Lipinski definition) is 2. The molecule has 0 unspecified atom stereocenters. The third-order valence-electron chi connectivity index (χ3n) is 3.83. The molecule has 104 valence electrons. The number of hydrogen-bond donors (Lipinski definition) is 1. The summed E-state index contributed by atoms with van der Waals surface area (Å²) in [6.07, 6.45) is 8.75. The standard InChI is InChI=1S/C15H21ClN2O/c1-2-3-11-4-6-13(7-5-11)18-15(19)14-10-12(16)8-9-17-14/h8-11,13H,2-7H2,1H3,(H,18,19).